The third kappa shape index (κ3) is 2.25. The van der Waals surface area contributed by atoms with E-state index in [1.807, 2.05) is 6.92 Å². The Morgan fingerprint density at radius 3 is 2.81 bits per heavy atom. The average Bonchev–Trinajstić information content (AvgIpc) is 2.66. The van der Waals surface area contributed by atoms with Crippen molar-refractivity contribution in [2.75, 3.05) is 7.11 Å². The Morgan fingerprint density at radius 2 is 2.31 bits per heavy atom. The van der Waals surface area contributed by atoms with Gasteiger partial charge in [-0.05, 0) is 25.7 Å². The van der Waals surface area contributed by atoms with Crippen LogP contribution >= 0.6 is 0 Å². The first-order valence-corrected chi connectivity index (χ1v) is 5.81. The lowest BCUT2D eigenvalue weighted by atomic mass is 9.75. The van der Waals surface area contributed by atoms with Gasteiger partial charge in [0, 0.05) is 19.1 Å². The molecule has 1 aromatic rings. The molecule has 0 aromatic carbocycles. The van der Waals surface area contributed by atoms with Gasteiger partial charge in [0.05, 0.1) is 0 Å². The topological polar surface area (TPSA) is 74.2 Å². The van der Waals surface area contributed by atoms with Crippen molar-refractivity contribution in [1.82, 2.24) is 10.1 Å². The molecule has 0 spiro atoms. The maximum Gasteiger partial charge on any atom is 0.228 e. The lowest BCUT2D eigenvalue weighted by Crippen LogP contribution is -2.48. The van der Waals surface area contributed by atoms with Crippen molar-refractivity contribution in [2.24, 2.45) is 5.73 Å². The van der Waals surface area contributed by atoms with Crippen molar-refractivity contribution >= 4 is 0 Å². The Bertz CT molecular complexity index is 343. The normalized spacial score (nSPS) is 20.4. The van der Waals surface area contributed by atoms with Gasteiger partial charge in [-0.3, -0.25) is 0 Å². The van der Waals surface area contributed by atoms with Crippen LogP contribution in [0, 0.1) is 0 Å². The second kappa shape index (κ2) is 4.51. The van der Waals surface area contributed by atoms with Crippen molar-refractivity contribution in [3.05, 3.63) is 11.7 Å². The molecular formula is C11H19N3O2. The minimum atomic E-state index is -0.113. The van der Waals surface area contributed by atoms with Gasteiger partial charge >= 0.3 is 0 Å². The third-order valence-electron chi connectivity index (χ3n) is 3.28. The minimum absolute atomic E-state index is 0.0763. The molecule has 0 bridgehead atoms. The summed E-state index contributed by atoms with van der Waals surface area (Å²) in [5.74, 6) is 1.26. The number of nitrogens with two attached hydrogens (primary N) is 1. The van der Waals surface area contributed by atoms with Crippen LogP contribution in [0.25, 0.3) is 0 Å². The van der Waals surface area contributed by atoms with Crippen molar-refractivity contribution < 1.29 is 9.26 Å². The van der Waals surface area contributed by atoms with Gasteiger partial charge in [-0.1, -0.05) is 12.1 Å². The van der Waals surface area contributed by atoms with Crippen LogP contribution in [0.15, 0.2) is 4.52 Å². The molecule has 1 aromatic heterocycles. The number of rotatable bonds is 5. The zero-order valence-electron chi connectivity index (χ0n) is 9.90. The van der Waals surface area contributed by atoms with Gasteiger partial charge < -0.3 is 15.0 Å². The van der Waals surface area contributed by atoms with Crippen LogP contribution in [0.2, 0.25) is 0 Å². The lowest BCUT2D eigenvalue weighted by Gasteiger charge is -2.36. The Morgan fingerprint density at radius 1 is 1.56 bits per heavy atom. The van der Waals surface area contributed by atoms with Crippen LogP contribution in [0.4, 0.5) is 0 Å². The molecule has 1 aliphatic rings. The maximum atomic E-state index is 6.13. The SMILES string of the molecule is CCC(OC)c1noc(CC2(N)CCC2)n1. The van der Waals surface area contributed by atoms with E-state index in [4.69, 9.17) is 15.0 Å². The Labute approximate surface area is 95.3 Å². The number of hydrogen-bond donors (Lipinski definition) is 1. The Kier molecular flexibility index (Phi) is 3.25. The first-order valence-electron chi connectivity index (χ1n) is 5.81. The number of ether oxygens (including phenoxy) is 1. The van der Waals surface area contributed by atoms with E-state index in [1.54, 1.807) is 7.11 Å². The molecular weight excluding hydrogens is 206 g/mol. The van der Waals surface area contributed by atoms with Gasteiger partial charge in [0.25, 0.3) is 0 Å². The Hall–Kier alpha value is -0.940. The molecule has 1 saturated carbocycles. The molecule has 0 amide bonds. The van der Waals surface area contributed by atoms with Crippen molar-refractivity contribution in [3.63, 3.8) is 0 Å². The first-order chi connectivity index (χ1) is 7.67. The average molecular weight is 225 g/mol. The summed E-state index contributed by atoms with van der Waals surface area (Å²) in [5.41, 5.74) is 6.01. The number of nitrogens with zero attached hydrogens (tertiary/aromatic N) is 2. The molecule has 5 nitrogen and oxygen atoms in total. The van der Waals surface area contributed by atoms with E-state index in [0.29, 0.717) is 18.1 Å². The fraction of sp³-hybridized carbons (Fsp3) is 0.818. The second-order valence-electron chi connectivity index (χ2n) is 4.57. The highest BCUT2D eigenvalue weighted by Gasteiger charge is 2.34. The summed E-state index contributed by atoms with van der Waals surface area (Å²) in [6.45, 7) is 2.03. The molecule has 0 aliphatic heterocycles. The fourth-order valence-electron chi connectivity index (χ4n) is 2.03. The van der Waals surface area contributed by atoms with Crippen LogP contribution in [0.1, 0.15) is 50.4 Å². The van der Waals surface area contributed by atoms with E-state index in [2.05, 4.69) is 10.1 Å². The highest BCUT2D eigenvalue weighted by molar-refractivity contribution is 5.01. The fourth-order valence-corrected chi connectivity index (χ4v) is 2.03. The number of hydrogen-bond acceptors (Lipinski definition) is 5. The quantitative estimate of drug-likeness (QED) is 0.823. The lowest BCUT2D eigenvalue weighted by molar-refractivity contribution is 0.0903. The molecule has 1 aliphatic carbocycles. The molecule has 0 radical (unpaired) electrons. The molecule has 1 unspecified atom stereocenters. The highest BCUT2D eigenvalue weighted by atomic mass is 16.5. The molecule has 0 saturated heterocycles. The van der Waals surface area contributed by atoms with E-state index in [-0.39, 0.29) is 11.6 Å². The predicted molar refractivity (Wildman–Crippen MR) is 58.8 cm³/mol. The molecule has 2 rings (SSSR count). The number of methoxy groups -OCH3 is 1. The molecule has 1 fully saturated rings. The van der Waals surface area contributed by atoms with E-state index in [0.717, 1.165) is 19.3 Å². The van der Waals surface area contributed by atoms with Gasteiger partial charge in [0.15, 0.2) is 0 Å². The van der Waals surface area contributed by atoms with Gasteiger partial charge in [0.2, 0.25) is 11.7 Å². The van der Waals surface area contributed by atoms with Gasteiger partial charge in [0.1, 0.15) is 6.10 Å². The zero-order chi connectivity index (χ0) is 11.6. The van der Waals surface area contributed by atoms with Crippen LogP contribution < -0.4 is 5.73 Å². The Balaban J connectivity index is 2.01. The summed E-state index contributed by atoms with van der Waals surface area (Å²) in [4.78, 5) is 4.34. The molecule has 1 heterocycles. The van der Waals surface area contributed by atoms with Crippen LogP contribution in [-0.2, 0) is 11.2 Å². The van der Waals surface area contributed by atoms with Crippen molar-refractivity contribution in [2.45, 2.75) is 50.7 Å². The summed E-state index contributed by atoms with van der Waals surface area (Å²) in [6.07, 6.45) is 4.74. The standard InChI is InChI=1S/C11H19N3O2/c1-3-8(15-2)10-13-9(16-14-10)7-11(12)5-4-6-11/h8H,3-7,12H2,1-2H3. The van der Waals surface area contributed by atoms with Gasteiger partial charge in [-0.2, -0.15) is 4.98 Å². The van der Waals surface area contributed by atoms with Crippen LogP contribution in [0.5, 0.6) is 0 Å². The minimum Gasteiger partial charge on any atom is -0.373 e. The van der Waals surface area contributed by atoms with Gasteiger partial charge in [-0.25, -0.2) is 0 Å². The molecule has 1 atom stereocenters. The second-order valence-corrected chi connectivity index (χ2v) is 4.57. The monoisotopic (exact) mass is 225 g/mol. The molecule has 5 heteroatoms. The summed E-state index contributed by atoms with van der Waals surface area (Å²) in [5, 5.41) is 3.93. The van der Waals surface area contributed by atoms with Crippen molar-refractivity contribution in [3.8, 4) is 0 Å². The molecule has 90 valence electrons. The zero-order valence-corrected chi connectivity index (χ0v) is 9.90. The summed E-state index contributed by atoms with van der Waals surface area (Å²) >= 11 is 0. The van der Waals surface area contributed by atoms with Gasteiger partial charge in [-0.15, -0.1) is 0 Å². The number of aromatic nitrogens is 2. The highest BCUT2D eigenvalue weighted by Crippen LogP contribution is 2.32. The van der Waals surface area contributed by atoms with Crippen molar-refractivity contribution in [1.29, 1.82) is 0 Å². The maximum absolute atomic E-state index is 6.13. The van der Waals surface area contributed by atoms with E-state index >= 15 is 0 Å². The van der Waals surface area contributed by atoms with E-state index in [1.165, 1.54) is 6.42 Å². The van der Waals surface area contributed by atoms with E-state index < -0.39 is 0 Å². The first kappa shape index (κ1) is 11.5. The molecule has 2 N–H and O–H groups in total. The summed E-state index contributed by atoms with van der Waals surface area (Å²) < 4.78 is 10.5. The smallest absolute Gasteiger partial charge is 0.228 e. The van der Waals surface area contributed by atoms with E-state index in [9.17, 15) is 0 Å². The third-order valence-corrected chi connectivity index (χ3v) is 3.28. The van der Waals surface area contributed by atoms with Crippen LogP contribution in [0.3, 0.4) is 0 Å². The largest absolute Gasteiger partial charge is 0.373 e. The van der Waals surface area contributed by atoms with Crippen LogP contribution in [-0.4, -0.2) is 22.8 Å². The summed E-state index contributed by atoms with van der Waals surface area (Å²) in [6, 6.07) is 0. The predicted octanol–water partition coefficient (Wildman–Crippen LogP) is 1.59. The molecule has 16 heavy (non-hydrogen) atoms. The summed E-state index contributed by atoms with van der Waals surface area (Å²) in [7, 11) is 1.65.